The van der Waals surface area contributed by atoms with Crippen molar-refractivity contribution in [1.82, 2.24) is 0 Å². The van der Waals surface area contributed by atoms with Gasteiger partial charge in [0.15, 0.2) is 0 Å². The minimum absolute atomic E-state index is 0.903. The summed E-state index contributed by atoms with van der Waals surface area (Å²) < 4.78 is 0. The summed E-state index contributed by atoms with van der Waals surface area (Å²) in [6, 6.07) is 0. The number of hydrogen-bond acceptors (Lipinski definition) is 2. The Morgan fingerprint density at radius 1 is 1.60 bits per heavy atom. The second-order valence-electron chi connectivity index (χ2n) is 0.952. The van der Waals surface area contributed by atoms with Crippen molar-refractivity contribution in [1.29, 1.82) is 0 Å². The van der Waals surface area contributed by atoms with Gasteiger partial charge in [-0.3, -0.25) is 5.03 Å². The first kappa shape index (κ1) is 2.88. The third kappa shape index (κ3) is 0.467. The summed E-state index contributed by atoms with van der Waals surface area (Å²) in [7, 11) is 1.82. The van der Waals surface area contributed by atoms with E-state index in [9.17, 15) is 0 Å². The average molecular weight is 66.9 g/mol. The number of nitrogens with zero attached hydrogens (tertiary/aromatic N) is 2. The highest BCUT2D eigenvalue weighted by atomic mass is 15.1. The van der Waals surface area contributed by atoms with E-state index in [0.29, 0.717) is 0 Å². The van der Waals surface area contributed by atoms with Crippen LogP contribution in [0.15, 0.2) is 10.1 Å². The first-order valence-corrected chi connectivity index (χ1v) is 1.68. The van der Waals surface area contributed by atoms with E-state index in [1.807, 2.05) is 7.41 Å². The molecule has 1 aliphatic rings. The predicted molar refractivity (Wildman–Crippen MR) is 20.3 cm³/mol. The molecule has 1 heterocycles. The van der Waals surface area contributed by atoms with Crippen LogP contribution in [0.4, 0.5) is 0 Å². The Kier molecular flexibility index (Phi) is 0.689. The average Bonchev–Trinajstić information content (AvgIpc) is 1.76. The lowest BCUT2D eigenvalue weighted by molar-refractivity contribution is 1.09. The van der Waals surface area contributed by atoms with E-state index < -0.39 is 0 Å². The van der Waals surface area contributed by atoms with Crippen LogP contribution >= 0.6 is 0 Å². The van der Waals surface area contributed by atoms with Crippen LogP contribution in [-0.4, -0.2) is 14.0 Å². The summed E-state index contributed by atoms with van der Waals surface area (Å²) in [5.41, 5.74) is 0. The van der Waals surface area contributed by atoms with E-state index >= 15 is 0 Å². The molecule has 0 aromatic carbocycles. The topological polar surface area (TPSA) is 24.7 Å². The fourth-order valence-electron chi connectivity index (χ4n) is 0.289. The van der Waals surface area contributed by atoms with Crippen LogP contribution in [0.3, 0.4) is 0 Å². The van der Waals surface area contributed by atoms with Crippen molar-refractivity contribution in [2.75, 3.05) is 6.54 Å². The molecule has 1 rings (SSSR count). The van der Waals surface area contributed by atoms with Crippen molar-refractivity contribution >= 4 is 7.41 Å². The van der Waals surface area contributed by atoms with E-state index in [4.69, 9.17) is 0 Å². The third-order valence-corrected chi connectivity index (χ3v) is 0.521. The fourth-order valence-corrected chi connectivity index (χ4v) is 0.289. The summed E-state index contributed by atoms with van der Waals surface area (Å²) in [6.45, 7) is 0.903. The van der Waals surface area contributed by atoms with Crippen LogP contribution in [0.2, 0.25) is 6.32 Å². The first-order chi connectivity index (χ1) is 2.50. The molecule has 2 nitrogen and oxygen atoms in total. The van der Waals surface area contributed by atoms with Gasteiger partial charge < -0.3 is 0 Å². The van der Waals surface area contributed by atoms with Crippen molar-refractivity contribution in [2.24, 2.45) is 10.1 Å². The normalized spacial score (nSPS) is 19.2. The molecule has 1 radical (unpaired) electrons. The van der Waals surface area contributed by atoms with E-state index in [2.05, 4.69) is 10.1 Å². The fraction of sp³-hybridized carbons (Fsp3) is 1.00. The zero-order chi connectivity index (χ0) is 3.54. The van der Waals surface area contributed by atoms with Gasteiger partial charge in [0.05, 0.1) is 6.54 Å². The Labute approximate surface area is 31.6 Å². The lowest BCUT2D eigenvalue weighted by Crippen LogP contribution is -1.72. The van der Waals surface area contributed by atoms with E-state index in [1.54, 1.807) is 0 Å². The molecule has 0 aliphatic carbocycles. The van der Waals surface area contributed by atoms with Gasteiger partial charge in [0.25, 0.3) is 0 Å². The standard InChI is InChI=1S/C2H4BN2/c1-2-4-5-3-1/h1-2H2. The molecule has 0 amide bonds. The van der Waals surface area contributed by atoms with Gasteiger partial charge in [-0.05, 0) is 6.32 Å². The van der Waals surface area contributed by atoms with Crippen LogP contribution < -0.4 is 0 Å². The monoisotopic (exact) mass is 67.0 g/mol. The molecule has 5 heavy (non-hydrogen) atoms. The second kappa shape index (κ2) is 1.20. The molecular weight excluding hydrogens is 62.8 g/mol. The lowest BCUT2D eigenvalue weighted by Gasteiger charge is -1.61. The van der Waals surface area contributed by atoms with Gasteiger partial charge in [0, 0.05) is 0 Å². The zero-order valence-electron chi connectivity index (χ0n) is 2.89. The molecule has 0 bridgehead atoms. The molecule has 0 saturated carbocycles. The van der Waals surface area contributed by atoms with Crippen molar-refractivity contribution < 1.29 is 0 Å². The Balaban J connectivity index is 2.32. The molecule has 3 heteroatoms. The molecule has 0 aromatic rings. The SMILES string of the molecule is [B]1CCN=N1. The van der Waals surface area contributed by atoms with Gasteiger partial charge in [0.1, 0.15) is 0 Å². The second-order valence-corrected chi connectivity index (χ2v) is 0.952. The molecule has 0 saturated heterocycles. The maximum Gasteiger partial charge on any atom is 0.307 e. The predicted octanol–water partition coefficient (Wildman–Crippen LogP) is 0.490. The maximum absolute atomic E-state index is 3.65. The van der Waals surface area contributed by atoms with Crippen LogP contribution in [0.5, 0.6) is 0 Å². The van der Waals surface area contributed by atoms with Crippen LogP contribution in [0, 0.1) is 0 Å². The summed E-state index contributed by atoms with van der Waals surface area (Å²) in [5, 5.41) is 7.24. The summed E-state index contributed by atoms with van der Waals surface area (Å²) in [4.78, 5) is 0. The van der Waals surface area contributed by atoms with E-state index in [-0.39, 0.29) is 0 Å². The molecule has 0 spiro atoms. The Hall–Kier alpha value is -0.335. The smallest absolute Gasteiger partial charge is 0.266 e. The van der Waals surface area contributed by atoms with Crippen LogP contribution in [-0.2, 0) is 0 Å². The molecule has 0 fully saturated rings. The van der Waals surface area contributed by atoms with Crippen molar-refractivity contribution in [3.63, 3.8) is 0 Å². The third-order valence-electron chi connectivity index (χ3n) is 0.521. The van der Waals surface area contributed by atoms with Gasteiger partial charge in [-0.25, -0.2) is 5.11 Å². The molecular formula is C2H4BN2. The van der Waals surface area contributed by atoms with Crippen LogP contribution in [0.1, 0.15) is 0 Å². The first-order valence-electron chi connectivity index (χ1n) is 1.68. The highest BCUT2D eigenvalue weighted by Gasteiger charge is 1.91. The van der Waals surface area contributed by atoms with E-state index in [1.165, 1.54) is 0 Å². The minimum Gasteiger partial charge on any atom is -0.266 e. The molecule has 25 valence electrons. The Morgan fingerprint density at radius 2 is 2.60 bits per heavy atom. The highest BCUT2D eigenvalue weighted by molar-refractivity contribution is 6.33. The van der Waals surface area contributed by atoms with Crippen molar-refractivity contribution in [3.8, 4) is 0 Å². The Bertz CT molecular complexity index is 45.6. The van der Waals surface area contributed by atoms with Crippen LogP contribution in [0.25, 0.3) is 0 Å². The zero-order valence-corrected chi connectivity index (χ0v) is 2.89. The summed E-state index contributed by atoms with van der Waals surface area (Å²) in [6.07, 6.45) is 1.04. The molecule has 0 aromatic heterocycles. The van der Waals surface area contributed by atoms with E-state index in [0.717, 1.165) is 12.9 Å². The highest BCUT2D eigenvalue weighted by Crippen LogP contribution is 1.90. The number of hydrogen-bond donors (Lipinski definition) is 0. The van der Waals surface area contributed by atoms with Gasteiger partial charge >= 0.3 is 7.41 Å². The molecule has 0 unspecified atom stereocenters. The summed E-state index contributed by atoms with van der Waals surface area (Å²) >= 11 is 0. The van der Waals surface area contributed by atoms with Gasteiger partial charge in [-0.15, -0.1) is 0 Å². The van der Waals surface area contributed by atoms with Crippen molar-refractivity contribution in [2.45, 2.75) is 6.32 Å². The van der Waals surface area contributed by atoms with Gasteiger partial charge in [-0.2, -0.15) is 0 Å². The lowest BCUT2D eigenvalue weighted by atomic mass is 9.93. The molecule has 1 aliphatic heterocycles. The Morgan fingerprint density at radius 3 is 2.80 bits per heavy atom. The molecule has 0 N–H and O–H groups in total. The number of rotatable bonds is 0. The molecule has 0 atom stereocenters. The largest absolute Gasteiger partial charge is 0.307 e. The van der Waals surface area contributed by atoms with Crippen molar-refractivity contribution in [3.05, 3.63) is 0 Å². The quantitative estimate of drug-likeness (QED) is 0.368. The van der Waals surface area contributed by atoms with Gasteiger partial charge in [0.2, 0.25) is 0 Å². The minimum atomic E-state index is 0.903. The maximum atomic E-state index is 3.65. The van der Waals surface area contributed by atoms with Gasteiger partial charge in [-0.1, -0.05) is 0 Å². The summed E-state index contributed by atoms with van der Waals surface area (Å²) in [5.74, 6) is 0.